The number of nitrogens with two attached hydrogens (primary N) is 1. The Kier molecular flexibility index (Phi) is 2.89. The van der Waals surface area contributed by atoms with E-state index in [1.54, 1.807) is 0 Å². The molecular weight excluding hydrogens is 221 g/mol. The normalized spacial score (nSPS) is 10.0. The van der Waals surface area contributed by atoms with Gasteiger partial charge >= 0.3 is 0 Å². The highest BCUT2D eigenvalue weighted by molar-refractivity contribution is 7.09. The molecule has 0 radical (unpaired) electrons. The lowest BCUT2D eigenvalue weighted by Gasteiger charge is -2.06. The number of amides is 1. The van der Waals surface area contributed by atoms with E-state index in [9.17, 15) is 4.79 Å². The van der Waals surface area contributed by atoms with E-state index in [0.717, 1.165) is 16.5 Å². The summed E-state index contributed by atoms with van der Waals surface area (Å²) in [5, 5.41) is 1.21. The summed E-state index contributed by atoms with van der Waals surface area (Å²) < 4.78 is 3.69. The Morgan fingerprint density at radius 2 is 2.25 bits per heavy atom. The zero-order valence-electron chi connectivity index (χ0n) is 6.04. The predicted molar refractivity (Wildman–Crippen MR) is 48.4 cm³/mol. The van der Waals surface area contributed by atoms with Gasteiger partial charge in [0.05, 0.1) is 0 Å². The number of rotatable bonds is 1. The molecule has 0 fully saturated rings. The second-order valence-electron chi connectivity index (χ2n) is 2.03. The third kappa shape index (κ3) is 1.69. The Bertz CT molecular complexity index is 312. The quantitative estimate of drug-likeness (QED) is 0.447. The van der Waals surface area contributed by atoms with Crippen LogP contribution in [0.25, 0.3) is 0 Å². The SMILES string of the molecule is CN(N)C(=O)c1snc(Cl)c1Cl. The molecule has 1 aromatic rings. The van der Waals surface area contributed by atoms with Gasteiger partial charge < -0.3 is 0 Å². The number of hydrogen-bond acceptors (Lipinski definition) is 4. The molecule has 1 aromatic heterocycles. The third-order valence-corrected chi connectivity index (χ3v) is 2.90. The molecule has 2 N–H and O–H groups in total. The smallest absolute Gasteiger partial charge is 0.279 e. The maximum absolute atomic E-state index is 11.2. The Balaban J connectivity index is 3.04. The second kappa shape index (κ2) is 3.57. The van der Waals surface area contributed by atoms with Crippen molar-refractivity contribution in [2.24, 2.45) is 5.84 Å². The molecule has 1 rings (SSSR count). The molecule has 0 saturated heterocycles. The van der Waals surface area contributed by atoms with Gasteiger partial charge in [0.25, 0.3) is 5.91 Å². The van der Waals surface area contributed by atoms with E-state index >= 15 is 0 Å². The number of halogens is 2. The minimum atomic E-state index is -0.399. The molecule has 1 amide bonds. The molecule has 0 spiro atoms. The largest absolute Gasteiger partial charge is 0.280 e. The van der Waals surface area contributed by atoms with Crippen molar-refractivity contribution in [3.8, 4) is 0 Å². The van der Waals surface area contributed by atoms with E-state index in [1.807, 2.05) is 0 Å². The van der Waals surface area contributed by atoms with Gasteiger partial charge in [0.15, 0.2) is 5.15 Å². The van der Waals surface area contributed by atoms with E-state index in [0.29, 0.717) is 0 Å². The van der Waals surface area contributed by atoms with Gasteiger partial charge in [-0.1, -0.05) is 23.2 Å². The molecular formula is C5H5Cl2N3OS. The highest BCUT2D eigenvalue weighted by Crippen LogP contribution is 2.28. The average Bonchev–Trinajstić information content (AvgIpc) is 2.32. The summed E-state index contributed by atoms with van der Waals surface area (Å²) in [4.78, 5) is 11.5. The van der Waals surface area contributed by atoms with Crippen LogP contribution >= 0.6 is 34.7 Å². The summed E-state index contributed by atoms with van der Waals surface area (Å²) in [7, 11) is 1.42. The summed E-state index contributed by atoms with van der Waals surface area (Å²) in [5.74, 6) is 4.81. The molecule has 1 heterocycles. The van der Waals surface area contributed by atoms with Crippen LogP contribution in [0.2, 0.25) is 10.2 Å². The molecule has 0 aliphatic carbocycles. The van der Waals surface area contributed by atoms with Gasteiger partial charge in [-0.3, -0.25) is 9.80 Å². The van der Waals surface area contributed by atoms with Crippen LogP contribution < -0.4 is 5.84 Å². The standard InChI is InChI=1S/C5H5Cl2N3OS/c1-10(8)5(11)3-2(6)4(7)9-12-3/h8H2,1H3. The average molecular weight is 226 g/mol. The summed E-state index contributed by atoms with van der Waals surface area (Å²) >= 11 is 12.1. The van der Waals surface area contributed by atoms with Gasteiger partial charge in [0, 0.05) is 7.05 Å². The van der Waals surface area contributed by atoms with E-state index in [2.05, 4.69) is 4.37 Å². The fraction of sp³-hybridized carbons (Fsp3) is 0.200. The predicted octanol–water partition coefficient (Wildman–Crippen LogP) is 1.40. The van der Waals surface area contributed by atoms with Crippen LogP contribution in [0.1, 0.15) is 9.67 Å². The molecule has 4 nitrogen and oxygen atoms in total. The topological polar surface area (TPSA) is 59.2 Å². The molecule has 0 aromatic carbocycles. The molecule has 0 bridgehead atoms. The molecule has 0 aliphatic heterocycles. The monoisotopic (exact) mass is 225 g/mol. The Hall–Kier alpha value is -0.360. The van der Waals surface area contributed by atoms with Gasteiger partial charge in [-0.2, -0.15) is 4.37 Å². The number of aromatic nitrogens is 1. The van der Waals surface area contributed by atoms with Crippen molar-refractivity contribution in [1.29, 1.82) is 0 Å². The van der Waals surface area contributed by atoms with Gasteiger partial charge in [-0.15, -0.1) is 0 Å². The van der Waals surface area contributed by atoms with E-state index in [1.165, 1.54) is 7.05 Å². The van der Waals surface area contributed by atoms with E-state index in [-0.39, 0.29) is 15.1 Å². The van der Waals surface area contributed by atoms with E-state index < -0.39 is 5.91 Å². The van der Waals surface area contributed by atoms with Crippen LogP contribution in [0.5, 0.6) is 0 Å². The van der Waals surface area contributed by atoms with Crippen molar-refractivity contribution in [1.82, 2.24) is 9.38 Å². The van der Waals surface area contributed by atoms with Crippen molar-refractivity contribution < 1.29 is 4.79 Å². The zero-order chi connectivity index (χ0) is 9.30. The Morgan fingerprint density at radius 1 is 1.67 bits per heavy atom. The Labute approximate surface area is 83.0 Å². The Morgan fingerprint density at radius 3 is 2.58 bits per heavy atom. The number of carbonyl (C=O) groups excluding carboxylic acids is 1. The number of nitrogens with zero attached hydrogens (tertiary/aromatic N) is 2. The number of hydrogen-bond donors (Lipinski definition) is 1. The minimum absolute atomic E-state index is 0.131. The second-order valence-corrected chi connectivity index (χ2v) is 3.54. The minimum Gasteiger partial charge on any atom is -0.279 e. The first-order chi connectivity index (χ1) is 5.54. The summed E-state index contributed by atoms with van der Waals surface area (Å²) in [6, 6.07) is 0. The molecule has 0 unspecified atom stereocenters. The van der Waals surface area contributed by atoms with Crippen molar-refractivity contribution in [3.63, 3.8) is 0 Å². The molecule has 66 valence electrons. The van der Waals surface area contributed by atoms with Crippen molar-refractivity contribution in [2.75, 3.05) is 7.05 Å². The molecule has 7 heteroatoms. The molecule has 0 aliphatic rings. The van der Waals surface area contributed by atoms with Crippen LogP contribution in [0.3, 0.4) is 0 Å². The van der Waals surface area contributed by atoms with Crippen molar-refractivity contribution >= 4 is 40.6 Å². The van der Waals surface area contributed by atoms with Crippen LogP contribution in [0.4, 0.5) is 0 Å². The maximum atomic E-state index is 11.2. The van der Waals surface area contributed by atoms with Crippen LogP contribution in [-0.4, -0.2) is 22.3 Å². The van der Waals surface area contributed by atoms with Crippen molar-refractivity contribution in [3.05, 3.63) is 15.1 Å². The maximum Gasteiger partial charge on any atom is 0.280 e. The first kappa shape index (κ1) is 9.73. The fourth-order valence-corrected chi connectivity index (χ4v) is 1.75. The number of carbonyl (C=O) groups is 1. The first-order valence-corrected chi connectivity index (χ1v) is 4.40. The van der Waals surface area contributed by atoms with Crippen LogP contribution in [0.15, 0.2) is 0 Å². The lowest BCUT2D eigenvalue weighted by Crippen LogP contribution is -2.32. The van der Waals surface area contributed by atoms with Crippen LogP contribution in [0, 0.1) is 0 Å². The van der Waals surface area contributed by atoms with Crippen LogP contribution in [-0.2, 0) is 0 Å². The summed E-state index contributed by atoms with van der Waals surface area (Å²) in [6.07, 6.45) is 0. The first-order valence-electron chi connectivity index (χ1n) is 2.87. The molecule has 0 saturated carbocycles. The highest BCUT2D eigenvalue weighted by atomic mass is 35.5. The summed E-state index contributed by atoms with van der Waals surface area (Å²) in [5.41, 5.74) is 0. The van der Waals surface area contributed by atoms with Gasteiger partial charge in [0.2, 0.25) is 0 Å². The van der Waals surface area contributed by atoms with Crippen molar-refractivity contribution in [2.45, 2.75) is 0 Å². The van der Waals surface area contributed by atoms with E-state index in [4.69, 9.17) is 29.0 Å². The third-order valence-electron chi connectivity index (χ3n) is 1.11. The van der Waals surface area contributed by atoms with Gasteiger partial charge in [-0.25, -0.2) is 5.84 Å². The summed E-state index contributed by atoms with van der Waals surface area (Å²) in [6.45, 7) is 0. The van der Waals surface area contributed by atoms with Gasteiger partial charge in [-0.05, 0) is 11.5 Å². The lowest BCUT2D eigenvalue weighted by atomic mass is 10.4. The van der Waals surface area contributed by atoms with Gasteiger partial charge in [0.1, 0.15) is 9.90 Å². The lowest BCUT2D eigenvalue weighted by molar-refractivity contribution is 0.0800. The highest BCUT2D eigenvalue weighted by Gasteiger charge is 2.18. The number of hydrazine groups is 1. The molecule has 0 atom stereocenters. The molecule has 12 heavy (non-hydrogen) atoms. The fourth-order valence-electron chi connectivity index (χ4n) is 0.553. The zero-order valence-corrected chi connectivity index (χ0v) is 8.37.